The van der Waals surface area contributed by atoms with E-state index in [0.717, 1.165) is 48.7 Å². The molecule has 3 aliphatic heterocycles. The van der Waals surface area contributed by atoms with Crippen molar-refractivity contribution in [3.05, 3.63) is 65.7 Å². The number of nitrogens with zero attached hydrogens (tertiary/aromatic N) is 1. The largest absolute Gasteiger partial charge is 0.497 e. The minimum atomic E-state index is -0.303. The van der Waals surface area contributed by atoms with Gasteiger partial charge in [-0.15, -0.1) is 0 Å². The van der Waals surface area contributed by atoms with Crippen molar-refractivity contribution in [2.24, 2.45) is 0 Å². The molecule has 1 fully saturated rings. The number of methoxy groups -OCH3 is 1. The number of hydrazine groups is 1. The molecule has 0 aliphatic carbocycles. The van der Waals surface area contributed by atoms with E-state index in [9.17, 15) is 0 Å². The Bertz CT molecular complexity index is 914. The molecule has 0 aromatic heterocycles. The highest BCUT2D eigenvalue weighted by molar-refractivity contribution is 5.68. The van der Waals surface area contributed by atoms with Crippen LogP contribution in [0, 0.1) is 0 Å². The first kappa shape index (κ1) is 18.5. The van der Waals surface area contributed by atoms with E-state index < -0.39 is 0 Å². The van der Waals surface area contributed by atoms with E-state index in [-0.39, 0.29) is 11.8 Å². The van der Waals surface area contributed by atoms with Crippen molar-refractivity contribution in [1.29, 1.82) is 0 Å². The highest BCUT2D eigenvalue weighted by atomic mass is 16.5. The van der Waals surface area contributed by atoms with Crippen molar-refractivity contribution in [3.63, 3.8) is 0 Å². The molecule has 0 amide bonds. The van der Waals surface area contributed by atoms with Gasteiger partial charge in [0.1, 0.15) is 11.5 Å². The maximum Gasteiger partial charge on any atom is 0.191 e. The SMILES string of the molecule is COc1ccc(C2=C[C@H]3c4ccccc4OC4(CC[NH+](C(C)C)CC4)N3N2)cc1. The lowest BCUT2D eigenvalue weighted by molar-refractivity contribution is -0.929. The standard InChI is InChI=1S/C24H29N3O2/c1-17(2)26-14-12-24(13-15-26)27-22(20-6-4-5-7-23(20)29-24)16-21(25-27)18-8-10-19(28-3)11-9-18/h4-11,16-17,22,25H,12-15H2,1-3H3/p+1/t22-/m0/s1. The van der Waals surface area contributed by atoms with Gasteiger partial charge in [-0.3, -0.25) is 0 Å². The first-order valence-electron chi connectivity index (χ1n) is 10.6. The summed E-state index contributed by atoms with van der Waals surface area (Å²) in [5.41, 5.74) is 6.94. The van der Waals surface area contributed by atoms with Gasteiger partial charge >= 0.3 is 0 Å². The fourth-order valence-electron chi connectivity index (χ4n) is 4.94. The molecule has 1 spiro atoms. The number of likely N-dealkylation sites (tertiary alicyclic amines) is 1. The second-order valence-corrected chi connectivity index (χ2v) is 8.63. The Morgan fingerprint density at radius 1 is 1.10 bits per heavy atom. The van der Waals surface area contributed by atoms with E-state index in [2.05, 4.69) is 66.8 Å². The number of ether oxygens (including phenoxy) is 2. The van der Waals surface area contributed by atoms with Gasteiger partial charge in [-0.25, -0.2) is 0 Å². The molecule has 29 heavy (non-hydrogen) atoms. The monoisotopic (exact) mass is 392 g/mol. The topological polar surface area (TPSA) is 38.2 Å². The molecule has 0 saturated carbocycles. The van der Waals surface area contributed by atoms with Gasteiger partial charge in [-0.2, -0.15) is 5.01 Å². The zero-order valence-electron chi connectivity index (χ0n) is 17.4. The van der Waals surface area contributed by atoms with Crippen molar-refractivity contribution < 1.29 is 14.4 Å². The number of benzene rings is 2. The van der Waals surface area contributed by atoms with E-state index in [1.54, 1.807) is 12.0 Å². The average Bonchev–Trinajstić information content (AvgIpc) is 3.21. The quantitative estimate of drug-likeness (QED) is 0.843. The van der Waals surface area contributed by atoms with Crippen LogP contribution in [-0.2, 0) is 0 Å². The highest BCUT2D eigenvalue weighted by Crippen LogP contribution is 2.47. The van der Waals surface area contributed by atoms with Crippen LogP contribution in [0.1, 0.15) is 43.9 Å². The number of hydrogen-bond acceptors (Lipinski definition) is 4. The fourth-order valence-corrected chi connectivity index (χ4v) is 4.94. The molecular formula is C24H30N3O2+. The van der Waals surface area contributed by atoms with Crippen molar-refractivity contribution in [3.8, 4) is 11.5 Å². The molecule has 2 aromatic rings. The molecule has 0 unspecified atom stereocenters. The third-order valence-corrected chi connectivity index (χ3v) is 6.71. The molecule has 3 aliphatic rings. The Morgan fingerprint density at radius 2 is 1.83 bits per heavy atom. The Morgan fingerprint density at radius 3 is 2.52 bits per heavy atom. The van der Waals surface area contributed by atoms with Gasteiger partial charge in [0.25, 0.3) is 0 Å². The number of quaternary nitrogens is 1. The molecule has 1 atom stereocenters. The number of para-hydroxylation sites is 1. The van der Waals surface area contributed by atoms with Gasteiger partial charge in [0.15, 0.2) is 5.72 Å². The van der Waals surface area contributed by atoms with Crippen LogP contribution in [0.3, 0.4) is 0 Å². The molecule has 0 bridgehead atoms. The van der Waals surface area contributed by atoms with Crippen molar-refractivity contribution in [2.45, 2.75) is 44.5 Å². The van der Waals surface area contributed by atoms with Gasteiger partial charge in [-0.1, -0.05) is 18.2 Å². The van der Waals surface area contributed by atoms with Gasteiger partial charge in [0.2, 0.25) is 0 Å². The number of nitrogens with one attached hydrogen (secondary N) is 2. The predicted molar refractivity (Wildman–Crippen MR) is 114 cm³/mol. The molecule has 1 saturated heterocycles. The maximum absolute atomic E-state index is 6.72. The Labute approximate surface area is 172 Å². The van der Waals surface area contributed by atoms with Crippen LogP contribution in [0.5, 0.6) is 11.5 Å². The van der Waals surface area contributed by atoms with E-state index in [0.29, 0.717) is 6.04 Å². The smallest absolute Gasteiger partial charge is 0.191 e. The summed E-state index contributed by atoms with van der Waals surface area (Å²) in [6.45, 7) is 6.88. The first-order chi connectivity index (χ1) is 14.1. The minimum absolute atomic E-state index is 0.178. The highest BCUT2D eigenvalue weighted by Gasteiger charge is 2.52. The summed E-state index contributed by atoms with van der Waals surface area (Å²) in [5.74, 6) is 1.90. The van der Waals surface area contributed by atoms with Crippen LogP contribution < -0.4 is 19.8 Å². The Balaban J connectivity index is 1.49. The summed E-state index contributed by atoms with van der Waals surface area (Å²) >= 11 is 0. The Kier molecular flexibility index (Phi) is 4.52. The van der Waals surface area contributed by atoms with E-state index in [4.69, 9.17) is 9.47 Å². The molecule has 5 heteroatoms. The van der Waals surface area contributed by atoms with Gasteiger partial charge in [0, 0.05) is 5.56 Å². The maximum atomic E-state index is 6.72. The Hall–Kier alpha value is -2.50. The lowest BCUT2D eigenvalue weighted by Gasteiger charge is -2.51. The summed E-state index contributed by atoms with van der Waals surface area (Å²) in [7, 11) is 1.70. The van der Waals surface area contributed by atoms with Crippen LogP contribution in [0.25, 0.3) is 5.70 Å². The summed E-state index contributed by atoms with van der Waals surface area (Å²) in [6, 6.07) is 17.6. The van der Waals surface area contributed by atoms with Crippen molar-refractivity contribution >= 4 is 5.70 Å². The second kappa shape index (κ2) is 7.08. The van der Waals surface area contributed by atoms with Crippen LogP contribution in [-0.4, -0.2) is 37.0 Å². The zero-order valence-corrected chi connectivity index (χ0v) is 17.4. The van der Waals surface area contributed by atoms with Gasteiger partial charge in [-0.05, 0) is 55.8 Å². The van der Waals surface area contributed by atoms with Crippen molar-refractivity contribution in [2.75, 3.05) is 20.2 Å². The van der Waals surface area contributed by atoms with Crippen molar-refractivity contribution in [1.82, 2.24) is 10.4 Å². The number of fused-ring (bicyclic) bond motifs is 4. The summed E-state index contributed by atoms with van der Waals surface area (Å²) in [6.07, 6.45) is 4.37. The normalized spacial score (nSPS) is 28.3. The second-order valence-electron chi connectivity index (χ2n) is 8.63. The number of piperidine rings is 1. The molecule has 2 aromatic carbocycles. The number of hydrogen-bond donors (Lipinski definition) is 2. The van der Waals surface area contributed by atoms with Gasteiger partial charge in [0.05, 0.1) is 50.8 Å². The van der Waals surface area contributed by atoms with E-state index in [1.807, 2.05) is 12.1 Å². The first-order valence-corrected chi connectivity index (χ1v) is 10.6. The molecule has 0 radical (unpaired) electrons. The third kappa shape index (κ3) is 3.09. The van der Waals surface area contributed by atoms with Crippen LogP contribution >= 0.6 is 0 Å². The van der Waals surface area contributed by atoms with Gasteiger partial charge < -0.3 is 19.8 Å². The molecule has 2 N–H and O–H groups in total. The zero-order chi connectivity index (χ0) is 20.0. The van der Waals surface area contributed by atoms with Crippen LogP contribution in [0.2, 0.25) is 0 Å². The van der Waals surface area contributed by atoms with E-state index >= 15 is 0 Å². The molecule has 5 nitrogen and oxygen atoms in total. The minimum Gasteiger partial charge on any atom is -0.497 e. The third-order valence-electron chi connectivity index (χ3n) is 6.71. The molecule has 152 valence electrons. The molecule has 3 heterocycles. The van der Waals surface area contributed by atoms with E-state index in [1.165, 1.54) is 5.56 Å². The van der Waals surface area contributed by atoms with Crippen LogP contribution in [0.4, 0.5) is 0 Å². The van der Waals surface area contributed by atoms with Crippen LogP contribution in [0.15, 0.2) is 54.6 Å². The molecule has 5 rings (SSSR count). The lowest BCUT2D eigenvalue weighted by Crippen LogP contribution is -3.16. The summed E-state index contributed by atoms with van der Waals surface area (Å²) in [4.78, 5) is 1.66. The average molecular weight is 393 g/mol. The number of rotatable bonds is 3. The lowest BCUT2D eigenvalue weighted by atomic mass is 9.92. The predicted octanol–water partition coefficient (Wildman–Crippen LogP) is 2.77. The fraction of sp³-hybridized carbons (Fsp3) is 0.417. The molecular weight excluding hydrogens is 362 g/mol. The summed E-state index contributed by atoms with van der Waals surface area (Å²) < 4.78 is 12.0. The summed E-state index contributed by atoms with van der Waals surface area (Å²) in [5, 5.41) is 2.37.